The highest BCUT2D eigenvalue weighted by Crippen LogP contribution is 2.20. The summed E-state index contributed by atoms with van der Waals surface area (Å²) < 4.78 is 0. The van der Waals surface area contributed by atoms with E-state index >= 15 is 0 Å². The van der Waals surface area contributed by atoms with Crippen LogP contribution in [-0.2, 0) is 13.0 Å². The molecule has 1 aromatic rings. The van der Waals surface area contributed by atoms with Gasteiger partial charge in [0.15, 0.2) is 5.78 Å². The molecule has 2 N–H and O–H groups in total. The summed E-state index contributed by atoms with van der Waals surface area (Å²) in [6, 6.07) is 0. The molecule has 0 unspecified atom stereocenters. The van der Waals surface area contributed by atoms with Crippen LogP contribution in [0.3, 0.4) is 0 Å². The van der Waals surface area contributed by atoms with Crippen molar-refractivity contribution >= 4 is 5.78 Å². The van der Waals surface area contributed by atoms with Crippen molar-refractivity contribution < 1.29 is 4.79 Å². The molecule has 2 rings (SSSR count). The van der Waals surface area contributed by atoms with Crippen LogP contribution in [0.5, 0.6) is 0 Å². The molecule has 1 aromatic heterocycles. The third-order valence-corrected chi connectivity index (χ3v) is 2.54. The van der Waals surface area contributed by atoms with Gasteiger partial charge in [0.2, 0.25) is 0 Å². The van der Waals surface area contributed by atoms with Crippen molar-refractivity contribution in [1.29, 1.82) is 0 Å². The molecule has 80 valence electrons. The molecule has 0 atom stereocenters. The highest BCUT2D eigenvalue weighted by atomic mass is 16.1. The van der Waals surface area contributed by atoms with Crippen LogP contribution in [0.15, 0.2) is 4.79 Å². The zero-order valence-corrected chi connectivity index (χ0v) is 8.59. The molecule has 5 nitrogen and oxygen atoms in total. The number of aryl methyl sites for hydroxylation is 1. The number of hydrogen-bond acceptors (Lipinski definition) is 4. The Morgan fingerprint density at radius 3 is 2.93 bits per heavy atom. The first-order valence-electron chi connectivity index (χ1n) is 5.02. The van der Waals surface area contributed by atoms with E-state index in [0.29, 0.717) is 24.2 Å². The van der Waals surface area contributed by atoms with Crippen LogP contribution in [0.1, 0.15) is 34.6 Å². The Morgan fingerprint density at radius 2 is 2.20 bits per heavy atom. The minimum Gasteiger partial charge on any atom is -0.314 e. The number of hydrogen-bond donors (Lipinski definition) is 2. The second-order valence-corrected chi connectivity index (χ2v) is 3.65. The monoisotopic (exact) mass is 207 g/mol. The summed E-state index contributed by atoms with van der Waals surface area (Å²) in [5.41, 5.74) is 1.57. The average Bonchev–Trinajstić information content (AvgIpc) is 2.17. The SMILES string of the molecule is CNCc1nc(=O)[nH]c2c1C(=O)CCC2. The first kappa shape index (κ1) is 10.0. The van der Waals surface area contributed by atoms with Crippen molar-refractivity contribution in [1.82, 2.24) is 15.3 Å². The van der Waals surface area contributed by atoms with Gasteiger partial charge < -0.3 is 10.3 Å². The molecule has 0 saturated carbocycles. The Labute approximate surface area is 86.9 Å². The third kappa shape index (κ3) is 1.83. The van der Waals surface area contributed by atoms with Gasteiger partial charge in [-0.2, -0.15) is 4.98 Å². The fraction of sp³-hybridized carbons (Fsp3) is 0.500. The van der Waals surface area contributed by atoms with Crippen molar-refractivity contribution in [2.24, 2.45) is 0 Å². The molecule has 1 heterocycles. The second kappa shape index (κ2) is 3.94. The largest absolute Gasteiger partial charge is 0.345 e. The predicted molar refractivity (Wildman–Crippen MR) is 54.9 cm³/mol. The maximum atomic E-state index is 11.7. The van der Waals surface area contributed by atoms with Gasteiger partial charge in [-0.15, -0.1) is 0 Å². The van der Waals surface area contributed by atoms with Gasteiger partial charge in [-0.25, -0.2) is 4.79 Å². The zero-order chi connectivity index (χ0) is 10.8. The van der Waals surface area contributed by atoms with E-state index in [2.05, 4.69) is 15.3 Å². The summed E-state index contributed by atoms with van der Waals surface area (Å²) in [4.78, 5) is 29.4. The molecule has 0 bridgehead atoms. The van der Waals surface area contributed by atoms with Crippen molar-refractivity contribution in [3.63, 3.8) is 0 Å². The van der Waals surface area contributed by atoms with Crippen LogP contribution in [0, 0.1) is 0 Å². The van der Waals surface area contributed by atoms with Gasteiger partial charge in [0, 0.05) is 18.7 Å². The van der Waals surface area contributed by atoms with E-state index in [1.54, 1.807) is 7.05 Å². The van der Waals surface area contributed by atoms with Gasteiger partial charge in [-0.05, 0) is 19.9 Å². The lowest BCUT2D eigenvalue weighted by molar-refractivity contribution is 0.0969. The van der Waals surface area contributed by atoms with Crippen molar-refractivity contribution in [2.45, 2.75) is 25.8 Å². The fourth-order valence-electron chi connectivity index (χ4n) is 1.93. The summed E-state index contributed by atoms with van der Waals surface area (Å²) in [7, 11) is 1.77. The Balaban J connectivity index is 2.58. The fourth-order valence-corrected chi connectivity index (χ4v) is 1.93. The number of fused-ring (bicyclic) bond motifs is 1. The zero-order valence-electron chi connectivity index (χ0n) is 8.59. The van der Waals surface area contributed by atoms with Crippen LogP contribution in [0.2, 0.25) is 0 Å². The van der Waals surface area contributed by atoms with E-state index in [-0.39, 0.29) is 11.5 Å². The number of ketones is 1. The van der Waals surface area contributed by atoms with Gasteiger partial charge in [-0.1, -0.05) is 0 Å². The molecule has 0 aromatic carbocycles. The summed E-state index contributed by atoms with van der Waals surface area (Å²) in [6.07, 6.45) is 2.12. The quantitative estimate of drug-likeness (QED) is 0.716. The molecule has 1 aliphatic carbocycles. The van der Waals surface area contributed by atoms with E-state index < -0.39 is 0 Å². The predicted octanol–water partition coefficient (Wildman–Crippen LogP) is 0.00830. The molecule has 0 fully saturated rings. The summed E-state index contributed by atoms with van der Waals surface area (Å²) in [5, 5.41) is 2.91. The molecular formula is C10H13N3O2. The lowest BCUT2D eigenvalue weighted by atomic mass is 9.93. The summed E-state index contributed by atoms with van der Waals surface area (Å²) >= 11 is 0. The maximum absolute atomic E-state index is 11.7. The number of carbonyl (C=O) groups excluding carboxylic acids is 1. The third-order valence-electron chi connectivity index (χ3n) is 2.54. The molecule has 1 aliphatic rings. The van der Waals surface area contributed by atoms with Crippen molar-refractivity contribution in [3.05, 3.63) is 27.4 Å². The molecule has 0 saturated heterocycles. The maximum Gasteiger partial charge on any atom is 0.345 e. The van der Waals surface area contributed by atoms with E-state index in [9.17, 15) is 9.59 Å². The molecule has 0 spiro atoms. The van der Waals surface area contributed by atoms with E-state index in [1.807, 2.05) is 0 Å². The van der Waals surface area contributed by atoms with Gasteiger partial charge in [0.25, 0.3) is 0 Å². The minimum atomic E-state index is -0.367. The number of nitrogens with one attached hydrogen (secondary N) is 2. The topological polar surface area (TPSA) is 74.8 Å². The van der Waals surface area contributed by atoms with Crippen LogP contribution in [0.4, 0.5) is 0 Å². The summed E-state index contributed by atoms with van der Waals surface area (Å²) in [5.74, 6) is 0.0882. The average molecular weight is 207 g/mol. The molecule has 15 heavy (non-hydrogen) atoms. The molecule has 5 heteroatoms. The first-order valence-corrected chi connectivity index (χ1v) is 5.02. The molecule has 0 aliphatic heterocycles. The van der Waals surface area contributed by atoms with Crippen LogP contribution < -0.4 is 11.0 Å². The second-order valence-electron chi connectivity index (χ2n) is 3.65. The van der Waals surface area contributed by atoms with Crippen LogP contribution >= 0.6 is 0 Å². The number of H-pyrrole nitrogens is 1. The van der Waals surface area contributed by atoms with Crippen LogP contribution in [0.25, 0.3) is 0 Å². The van der Waals surface area contributed by atoms with Crippen LogP contribution in [-0.4, -0.2) is 22.8 Å². The number of Topliss-reactive ketones (excluding diaryl/α,β-unsaturated/α-hetero) is 1. The highest BCUT2D eigenvalue weighted by molar-refractivity contribution is 5.98. The standard InChI is InChI=1S/C10H13N3O2/c1-11-5-7-9-6(12-10(15)13-7)3-2-4-8(9)14/h11H,2-5H2,1H3,(H,12,13,15). The van der Waals surface area contributed by atoms with Gasteiger partial charge >= 0.3 is 5.69 Å². The highest BCUT2D eigenvalue weighted by Gasteiger charge is 2.22. The summed E-state index contributed by atoms with van der Waals surface area (Å²) in [6.45, 7) is 0.456. The van der Waals surface area contributed by atoms with E-state index in [1.165, 1.54) is 0 Å². The smallest absolute Gasteiger partial charge is 0.314 e. The minimum absolute atomic E-state index is 0.0882. The molecule has 0 amide bonds. The van der Waals surface area contributed by atoms with Gasteiger partial charge in [0.05, 0.1) is 11.3 Å². The number of nitrogens with zero attached hydrogens (tertiary/aromatic N) is 1. The van der Waals surface area contributed by atoms with Gasteiger partial charge in [-0.3, -0.25) is 4.79 Å². The van der Waals surface area contributed by atoms with Gasteiger partial charge in [0.1, 0.15) is 0 Å². The molecular weight excluding hydrogens is 194 g/mol. The Bertz CT molecular complexity index is 450. The number of carbonyl (C=O) groups is 1. The Kier molecular flexibility index (Phi) is 2.64. The lowest BCUT2D eigenvalue weighted by Crippen LogP contribution is -2.26. The Hall–Kier alpha value is -1.49. The number of rotatable bonds is 2. The first-order chi connectivity index (χ1) is 7.22. The lowest BCUT2D eigenvalue weighted by Gasteiger charge is -2.16. The normalized spacial score (nSPS) is 15.1. The number of aromatic nitrogens is 2. The Morgan fingerprint density at radius 1 is 1.40 bits per heavy atom. The van der Waals surface area contributed by atoms with Crippen molar-refractivity contribution in [3.8, 4) is 0 Å². The number of aromatic amines is 1. The van der Waals surface area contributed by atoms with E-state index in [4.69, 9.17) is 0 Å². The van der Waals surface area contributed by atoms with E-state index in [0.717, 1.165) is 18.5 Å². The van der Waals surface area contributed by atoms with Crippen molar-refractivity contribution in [2.75, 3.05) is 7.05 Å². The molecule has 0 radical (unpaired) electrons.